The van der Waals surface area contributed by atoms with Crippen LogP contribution in [0.3, 0.4) is 0 Å². The summed E-state index contributed by atoms with van der Waals surface area (Å²) in [5.74, 6) is -1.53. The Labute approximate surface area is 151 Å². The first kappa shape index (κ1) is 19.6. The van der Waals surface area contributed by atoms with E-state index in [-0.39, 0.29) is 23.1 Å². The Balaban J connectivity index is 1.81. The average molecular weight is 364 g/mol. The summed E-state index contributed by atoms with van der Waals surface area (Å²) in [5, 5.41) is 14.8. The lowest BCUT2D eigenvalue weighted by Crippen LogP contribution is -2.48. The lowest BCUT2D eigenvalue weighted by molar-refractivity contribution is -0.123. The zero-order valence-electron chi connectivity index (χ0n) is 14.9. The first-order valence-electron chi connectivity index (χ1n) is 8.55. The van der Waals surface area contributed by atoms with Crippen LogP contribution in [0.4, 0.5) is 4.79 Å². The maximum atomic E-state index is 12.0. The molecule has 0 aliphatic heterocycles. The van der Waals surface area contributed by atoms with Crippen molar-refractivity contribution >= 4 is 17.9 Å². The molecule has 1 aromatic carbocycles. The van der Waals surface area contributed by atoms with Crippen molar-refractivity contribution in [2.45, 2.75) is 38.6 Å². The maximum absolute atomic E-state index is 12.0. The van der Waals surface area contributed by atoms with E-state index in [2.05, 4.69) is 17.6 Å². The van der Waals surface area contributed by atoms with Gasteiger partial charge >= 0.3 is 12.0 Å². The molecule has 0 spiro atoms. The number of esters is 1. The van der Waals surface area contributed by atoms with E-state index in [1.165, 1.54) is 25.3 Å². The largest absolute Gasteiger partial charge is 0.504 e. The van der Waals surface area contributed by atoms with E-state index in [1.807, 2.05) is 0 Å². The van der Waals surface area contributed by atoms with Gasteiger partial charge in [0.25, 0.3) is 5.91 Å². The Morgan fingerprint density at radius 3 is 2.65 bits per heavy atom. The summed E-state index contributed by atoms with van der Waals surface area (Å²) in [6, 6.07) is 3.76. The van der Waals surface area contributed by atoms with Crippen molar-refractivity contribution in [2.75, 3.05) is 13.7 Å². The monoisotopic (exact) mass is 364 g/mol. The number of amides is 3. The molecule has 8 heteroatoms. The molecule has 2 rings (SSSR count). The molecule has 0 saturated heterocycles. The first-order chi connectivity index (χ1) is 12.4. The van der Waals surface area contributed by atoms with Gasteiger partial charge in [-0.05, 0) is 30.9 Å². The van der Waals surface area contributed by atoms with E-state index >= 15 is 0 Å². The minimum absolute atomic E-state index is 0.0350. The normalized spacial score (nSPS) is 19.3. The third-order valence-corrected chi connectivity index (χ3v) is 4.45. The van der Waals surface area contributed by atoms with Gasteiger partial charge in [-0.15, -0.1) is 0 Å². The van der Waals surface area contributed by atoms with Crippen LogP contribution in [-0.2, 0) is 9.53 Å². The molecule has 3 N–H and O–H groups in total. The van der Waals surface area contributed by atoms with Crippen molar-refractivity contribution in [1.82, 2.24) is 10.6 Å². The molecule has 0 heterocycles. The smallest absolute Gasteiger partial charge is 0.342 e. The van der Waals surface area contributed by atoms with Crippen molar-refractivity contribution in [3.63, 3.8) is 0 Å². The molecule has 3 amide bonds. The fourth-order valence-electron chi connectivity index (χ4n) is 2.96. The predicted molar refractivity (Wildman–Crippen MR) is 93.0 cm³/mol. The summed E-state index contributed by atoms with van der Waals surface area (Å²) in [4.78, 5) is 35.6. The molecule has 2 atom stereocenters. The highest BCUT2D eigenvalue weighted by molar-refractivity contribution is 5.98. The molecule has 1 aromatic rings. The predicted octanol–water partition coefficient (Wildman–Crippen LogP) is 1.96. The Hall–Kier alpha value is -2.77. The summed E-state index contributed by atoms with van der Waals surface area (Å²) >= 11 is 0. The summed E-state index contributed by atoms with van der Waals surface area (Å²) in [5.41, 5.74) is -0.127. The van der Waals surface area contributed by atoms with Crippen molar-refractivity contribution in [3.05, 3.63) is 23.8 Å². The van der Waals surface area contributed by atoms with Gasteiger partial charge in [0.1, 0.15) is 5.56 Å². The van der Waals surface area contributed by atoms with Crippen molar-refractivity contribution < 1.29 is 29.0 Å². The summed E-state index contributed by atoms with van der Waals surface area (Å²) < 4.78 is 9.74. The fourth-order valence-corrected chi connectivity index (χ4v) is 2.96. The number of aromatic hydroxyl groups is 1. The molecule has 1 fully saturated rings. The van der Waals surface area contributed by atoms with Crippen LogP contribution in [-0.4, -0.2) is 42.8 Å². The average Bonchev–Trinajstić information content (AvgIpc) is 2.62. The number of urea groups is 1. The number of nitrogens with one attached hydrogen (secondary N) is 2. The lowest BCUT2D eigenvalue weighted by Gasteiger charge is -2.29. The third-order valence-electron chi connectivity index (χ3n) is 4.45. The van der Waals surface area contributed by atoms with Crippen molar-refractivity contribution in [1.29, 1.82) is 0 Å². The second-order valence-corrected chi connectivity index (χ2v) is 6.32. The second-order valence-electron chi connectivity index (χ2n) is 6.32. The van der Waals surface area contributed by atoms with E-state index in [9.17, 15) is 19.5 Å². The van der Waals surface area contributed by atoms with Crippen LogP contribution < -0.4 is 15.4 Å². The molecule has 8 nitrogen and oxygen atoms in total. The molecule has 2 unspecified atom stereocenters. The molecule has 1 saturated carbocycles. The summed E-state index contributed by atoms with van der Waals surface area (Å²) in [6.07, 6.45) is 4.12. The zero-order valence-corrected chi connectivity index (χ0v) is 14.9. The van der Waals surface area contributed by atoms with Crippen molar-refractivity contribution in [3.8, 4) is 11.5 Å². The number of para-hydroxylation sites is 1. The number of rotatable bonds is 5. The number of hydrogen-bond donors (Lipinski definition) is 3. The molecule has 26 heavy (non-hydrogen) atoms. The van der Waals surface area contributed by atoms with Gasteiger partial charge in [0.05, 0.1) is 7.11 Å². The maximum Gasteiger partial charge on any atom is 0.342 e. The number of phenolic OH excluding ortho intramolecular Hbond substituents is 1. The number of carbonyl (C=O) groups excluding carboxylic acids is 3. The van der Waals surface area contributed by atoms with Crippen LogP contribution in [0.25, 0.3) is 0 Å². The Bertz CT molecular complexity index is 676. The minimum atomic E-state index is -0.891. The van der Waals surface area contributed by atoms with E-state index in [1.54, 1.807) is 0 Å². The van der Waals surface area contributed by atoms with E-state index in [4.69, 9.17) is 9.47 Å². The highest BCUT2D eigenvalue weighted by Gasteiger charge is 2.24. The summed E-state index contributed by atoms with van der Waals surface area (Å²) in [6.45, 7) is 1.43. The highest BCUT2D eigenvalue weighted by Crippen LogP contribution is 2.29. The SMILES string of the molecule is COc1cccc(C(=O)OCC(=O)NC(=O)NC2CCCCC2C)c1O. The molecule has 0 aromatic heterocycles. The van der Waals surface area contributed by atoms with Crippen LogP contribution in [0.15, 0.2) is 18.2 Å². The topological polar surface area (TPSA) is 114 Å². The number of benzene rings is 1. The zero-order chi connectivity index (χ0) is 19.1. The van der Waals surface area contributed by atoms with Gasteiger partial charge in [-0.25, -0.2) is 9.59 Å². The number of methoxy groups -OCH3 is 1. The van der Waals surface area contributed by atoms with Crippen LogP contribution in [0.5, 0.6) is 11.5 Å². The third kappa shape index (κ3) is 5.11. The number of hydrogen-bond acceptors (Lipinski definition) is 6. The fraction of sp³-hybridized carbons (Fsp3) is 0.500. The molecular weight excluding hydrogens is 340 g/mol. The number of imide groups is 1. The van der Waals surface area contributed by atoms with Gasteiger partial charge in [-0.1, -0.05) is 25.8 Å². The van der Waals surface area contributed by atoms with Gasteiger partial charge in [-0.2, -0.15) is 0 Å². The minimum Gasteiger partial charge on any atom is -0.504 e. The van der Waals surface area contributed by atoms with Crippen molar-refractivity contribution in [2.24, 2.45) is 5.92 Å². The highest BCUT2D eigenvalue weighted by atomic mass is 16.5. The molecule has 1 aliphatic carbocycles. The lowest BCUT2D eigenvalue weighted by atomic mass is 9.86. The molecule has 0 radical (unpaired) electrons. The molecular formula is C18H24N2O6. The Morgan fingerprint density at radius 2 is 1.96 bits per heavy atom. The van der Waals surface area contributed by atoms with E-state index < -0.39 is 24.5 Å². The van der Waals surface area contributed by atoms with E-state index in [0.29, 0.717) is 5.92 Å². The standard InChI is InChI=1S/C18H24N2O6/c1-11-6-3-4-8-13(11)19-18(24)20-15(21)10-26-17(23)12-7-5-9-14(25-2)16(12)22/h5,7,9,11,13,22H,3-4,6,8,10H2,1-2H3,(H2,19,20,21,24). The van der Waals surface area contributed by atoms with Crippen LogP contribution in [0.2, 0.25) is 0 Å². The molecule has 1 aliphatic rings. The first-order valence-corrected chi connectivity index (χ1v) is 8.55. The number of phenols is 1. The summed E-state index contributed by atoms with van der Waals surface area (Å²) in [7, 11) is 1.35. The van der Waals surface area contributed by atoms with Gasteiger partial charge in [0.15, 0.2) is 18.1 Å². The van der Waals surface area contributed by atoms with Gasteiger partial charge < -0.3 is 19.9 Å². The van der Waals surface area contributed by atoms with Gasteiger partial charge in [0.2, 0.25) is 0 Å². The van der Waals surface area contributed by atoms with Crippen LogP contribution in [0.1, 0.15) is 43.0 Å². The Morgan fingerprint density at radius 1 is 1.23 bits per heavy atom. The number of carbonyl (C=O) groups is 3. The van der Waals surface area contributed by atoms with E-state index in [0.717, 1.165) is 25.7 Å². The molecule has 142 valence electrons. The number of ether oxygens (including phenoxy) is 2. The van der Waals surface area contributed by atoms with Gasteiger partial charge in [0, 0.05) is 6.04 Å². The molecule has 0 bridgehead atoms. The Kier molecular flexibility index (Phi) is 6.82. The van der Waals surface area contributed by atoms with Crippen LogP contribution in [0, 0.1) is 5.92 Å². The van der Waals surface area contributed by atoms with Gasteiger partial charge in [-0.3, -0.25) is 10.1 Å². The van der Waals surface area contributed by atoms with Crippen LogP contribution >= 0.6 is 0 Å². The second kappa shape index (κ2) is 9.07. The quantitative estimate of drug-likeness (QED) is 0.688.